The van der Waals surface area contributed by atoms with Crippen LogP contribution >= 0.6 is 0 Å². The Morgan fingerprint density at radius 1 is 0.257 bits per heavy atom. The Hall–Kier alpha value is -7.34. The fourth-order valence-electron chi connectivity index (χ4n) is 14.8. The first-order valence-electron chi connectivity index (χ1n) is 46.2. The van der Waals surface area contributed by atoms with Crippen molar-refractivity contribution < 1.29 is 250 Å². The SMILES string of the molecule is CC1(N(CC(=O)[O-])CC(=O)[O-])CN(C(CCC(=O)N(CCN(CCC(=O)NC(CO)(CO)CO)CCC(=O)NC(CO)(CO)CO)CCN(CCC(=O)NC(CO)(CO)CO)CCC(=O)NC(CO)(CO)CO)C(=O)[O-])CCN(C(CCC(=O)N(CCN(CCC(=O)NC(CO)(CO)CO)CCC(=O)NC(CO)(CO)CO)CCN(CCC(=O)NC(CO)(CO)CO)CCC(=O)NC(CO)(CO)CO)C(=O)[O-])C1.[Gd+3]. The minimum atomic E-state index is -2.12. The van der Waals surface area contributed by atoms with Crippen molar-refractivity contribution in [2.24, 2.45) is 0 Å². The maximum absolute atomic E-state index is 15.4. The molecule has 1 radical (unpaired) electrons. The van der Waals surface area contributed by atoms with Crippen molar-refractivity contribution in [2.75, 3.05) is 303 Å². The van der Waals surface area contributed by atoms with Crippen LogP contribution < -0.4 is 63.0 Å². The summed E-state index contributed by atoms with van der Waals surface area (Å²) in [4.78, 5) is 203. The molecule has 1 fully saturated rings. The van der Waals surface area contributed by atoms with Gasteiger partial charge >= 0.3 is 39.9 Å². The summed E-state index contributed by atoms with van der Waals surface area (Å²) < 4.78 is 0. The Balaban J connectivity index is 0.000204. The van der Waals surface area contributed by atoms with Crippen LogP contribution in [0.25, 0.3) is 0 Å². The molecular formula is C84H153GdN17O42-. The van der Waals surface area contributed by atoms with Crippen molar-refractivity contribution in [3.8, 4) is 0 Å². The number of rotatable bonds is 83. The van der Waals surface area contributed by atoms with E-state index in [1.54, 1.807) is 0 Å². The van der Waals surface area contributed by atoms with Crippen molar-refractivity contribution in [1.82, 2.24) is 86.6 Å². The summed E-state index contributed by atoms with van der Waals surface area (Å²) in [7, 11) is 0. The van der Waals surface area contributed by atoms with Gasteiger partial charge in [0.2, 0.25) is 59.1 Å². The number of carboxylic acid groups (broad SMARTS) is 4. The van der Waals surface area contributed by atoms with Crippen LogP contribution in [0.5, 0.6) is 0 Å². The molecule has 1 saturated heterocycles. The van der Waals surface area contributed by atoms with Gasteiger partial charge in [-0.3, -0.25) is 62.6 Å². The van der Waals surface area contributed by atoms with Gasteiger partial charge in [0.05, 0.1) is 182 Å². The molecule has 0 aliphatic carbocycles. The summed E-state index contributed by atoms with van der Waals surface area (Å²) in [6, 6.07) is -4.09. The molecule has 835 valence electrons. The van der Waals surface area contributed by atoms with E-state index in [0.29, 0.717) is 0 Å². The molecule has 144 heavy (non-hydrogen) atoms. The molecule has 2 unspecified atom stereocenters. The first-order valence-corrected chi connectivity index (χ1v) is 46.2. The molecule has 0 saturated carbocycles. The molecule has 0 bridgehead atoms. The zero-order chi connectivity index (χ0) is 109. The summed E-state index contributed by atoms with van der Waals surface area (Å²) in [5, 5.41) is 313. The van der Waals surface area contributed by atoms with Gasteiger partial charge in [0.1, 0.15) is 44.3 Å². The Kier molecular flexibility index (Phi) is 66.3. The first-order chi connectivity index (χ1) is 67.6. The molecular weight excluding hydrogens is 2080 g/mol. The van der Waals surface area contributed by atoms with Crippen LogP contribution in [0.1, 0.15) is 84.0 Å². The molecule has 0 spiro atoms. The van der Waals surface area contributed by atoms with E-state index in [0.717, 1.165) is 24.5 Å². The third kappa shape index (κ3) is 46.4. The minimum Gasteiger partial charge on any atom is -0.549 e. The van der Waals surface area contributed by atoms with Crippen molar-refractivity contribution in [1.29, 1.82) is 0 Å². The summed E-state index contributed by atoms with van der Waals surface area (Å²) in [6.07, 6.45) is -7.88. The molecule has 0 aromatic carbocycles. The number of aliphatic hydroxyl groups is 24. The van der Waals surface area contributed by atoms with Crippen molar-refractivity contribution >= 4 is 82.9 Å². The number of nitrogens with zero attached hydrogens (tertiary/aromatic N) is 9. The van der Waals surface area contributed by atoms with Gasteiger partial charge in [-0.15, -0.1) is 0 Å². The van der Waals surface area contributed by atoms with E-state index in [9.17, 15) is 201 Å². The number of nitrogens with one attached hydrogen (secondary N) is 8. The van der Waals surface area contributed by atoms with Crippen molar-refractivity contribution in [3.63, 3.8) is 0 Å². The number of carboxylic acids is 4. The summed E-state index contributed by atoms with van der Waals surface area (Å²) in [6.45, 7) is -34.3. The normalized spacial score (nSPS) is 14.8. The van der Waals surface area contributed by atoms with Gasteiger partial charge in [-0.05, 0) is 19.8 Å². The van der Waals surface area contributed by atoms with Gasteiger partial charge in [-0.2, -0.15) is 0 Å². The summed E-state index contributed by atoms with van der Waals surface area (Å²) in [5.74, 6) is -17.1. The number of hydrogen-bond acceptors (Lipinski definition) is 49. The van der Waals surface area contributed by atoms with E-state index in [1.165, 1.54) is 26.5 Å². The average Bonchev–Trinajstić information content (AvgIpc) is 1.61. The predicted octanol–water partition coefficient (Wildman–Crippen LogP) is -26.4. The molecule has 2 atom stereocenters. The Morgan fingerprint density at radius 2 is 0.410 bits per heavy atom. The van der Waals surface area contributed by atoms with E-state index in [-0.39, 0.29) is 92.3 Å². The third-order valence-electron chi connectivity index (χ3n) is 25.0. The Labute approximate surface area is 863 Å². The number of aliphatic carboxylic acids is 4. The zero-order valence-electron chi connectivity index (χ0n) is 81.1. The molecule has 1 aliphatic heterocycles. The second kappa shape index (κ2) is 69.9. The van der Waals surface area contributed by atoms with Gasteiger partial charge in [0, 0.05) is 226 Å². The van der Waals surface area contributed by atoms with Crippen LogP contribution in [0.4, 0.5) is 0 Å². The van der Waals surface area contributed by atoms with E-state index in [4.69, 9.17) is 0 Å². The predicted molar refractivity (Wildman–Crippen MR) is 482 cm³/mol. The zero-order valence-corrected chi connectivity index (χ0v) is 83.4. The largest absolute Gasteiger partial charge is 3.00 e. The number of amides is 10. The second-order valence-electron chi connectivity index (χ2n) is 36.3. The van der Waals surface area contributed by atoms with E-state index >= 15 is 9.59 Å². The van der Waals surface area contributed by atoms with Crippen LogP contribution in [0.15, 0.2) is 0 Å². The number of carbonyl (C=O) groups excluding carboxylic acids is 14. The van der Waals surface area contributed by atoms with Crippen molar-refractivity contribution in [2.45, 2.75) is 146 Å². The Morgan fingerprint density at radius 3 is 0.542 bits per heavy atom. The molecule has 1 aliphatic rings. The minimum absolute atomic E-state index is 0. The Bertz CT molecular complexity index is 3210. The molecule has 59 nitrogen and oxygen atoms in total. The molecule has 32 N–H and O–H groups in total. The smallest absolute Gasteiger partial charge is 0.549 e. The van der Waals surface area contributed by atoms with Gasteiger partial charge in [-0.1, -0.05) is 0 Å². The van der Waals surface area contributed by atoms with Gasteiger partial charge < -0.3 is 234 Å². The van der Waals surface area contributed by atoms with Gasteiger partial charge in [-0.25, -0.2) is 0 Å². The van der Waals surface area contributed by atoms with Gasteiger partial charge in [0.15, 0.2) is 0 Å². The van der Waals surface area contributed by atoms with E-state index < -0.39 is 472 Å². The number of carbonyl (C=O) groups is 14. The monoisotopic (exact) mass is 2230 g/mol. The molecule has 1 heterocycles. The fraction of sp³-hybridized carbons (Fsp3) is 0.833. The maximum Gasteiger partial charge on any atom is 3.00 e. The van der Waals surface area contributed by atoms with Gasteiger partial charge in [0.25, 0.3) is 0 Å². The average molecular weight is 2230 g/mol. The van der Waals surface area contributed by atoms with E-state index in [2.05, 4.69) is 42.5 Å². The van der Waals surface area contributed by atoms with Crippen LogP contribution in [0, 0.1) is 39.9 Å². The van der Waals surface area contributed by atoms with E-state index in [1.807, 2.05) is 0 Å². The van der Waals surface area contributed by atoms with Crippen molar-refractivity contribution in [3.05, 3.63) is 0 Å². The molecule has 10 amide bonds. The maximum atomic E-state index is 15.4. The molecule has 1 rings (SSSR count). The number of aliphatic hydroxyl groups excluding tert-OH is 24. The number of hydrogen-bond donors (Lipinski definition) is 32. The third-order valence-corrected chi connectivity index (χ3v) is 25.0. The van der Waals surface area contributed by atoms with Crippen LogP contribution in [-0.2, 0) is 67.1 Å². The molecule has 60 heteroatoms. The topological polar surface area (TPSA) is 942 Å². The quantitative estimate of drug-likeness (QED) is 0.0269. The van der Waals surface area contributed by atoms with Crippen LogP contribution in [-0.4, -0.2) is 614 Å². The second-order valence-corrected chi connectivity index (χ2v) is 36.3. The molecule has 0 aromatic heterocycles. The first kappa shape index (κ1) is 137. The molecule has 0 aromatic rings. The summed E-state index contributed by atoms with van der Waals surface area (Å²) >= 11 is 0. The fourth-order valence-corrected chi connectivity index (χ4v) is 14.8. The van der Waals surface area contributed by atoms with Crippen LogP contribution in [0.2, 0.25) is 0 Å². The van der Waals surface area contributed by atoms with Crippen LogP contribution in [0.3, 0.4) is 0 Å². The summed E-state index contributed by atoms with van der Waals surface area (Å²) in [5.41, 5.74) is -17.9. The standard InChI is InChI=1S/C84H157N17O42.Gd/c1-76(101(32-72(136)137)33-73(138)139)34-99(60(74(140)141)2-4-70(134)97(26-22-93(14-6-62(126)85-77(36-102,37-103)38-104)15-7-63(127)86-78(39-105,40-106)41-107)27-23-94(16-8-64(128)87-79(42-108,43-109)44-110)17-9-65(129)88-80(45-111,46-112)47-113)30-31-100(35-76)61(75(142)143)3-5-71(135)98(28-24-95(18-10-66(130)89-81(48-114,49-115)50-116)19-11-67(131)90-82(51-117,52-118)53-119)29-25-96(20-12-68(132)91-83(54-120,55-121)56-122)21-13-69(133)92-84(57-123,58-124)59-125;/h60-61,102-125H,2-59H2,1H3,(H,85,126)(H,86,127)(H,87,128)(H,88,129)(H,89,130)(H,90,131)(H,91,132)(H,92,133)(H,136,137)(H,138,139)(H,140,141)(H,142,143);/q;+3/p-4.